The first kappa shape index (κ1) is 13.8. The lowest BCUT2D eigenvalue weighted by molar-refractivity contribution is 0.102. The first-order valence-electron chi connectivity index (χ1n) is 5.46. The molecular weight excluding hydrogens is 330 g/mol. The summed E-state index contributed by atoms with van der Waals surface area (Å²) in [7, 11) is 0. The highest BCUT2D eigenvalue weighted by atomic mass is 79.9. The normalized spacial score (nSPS) is 10.3. The molecule has 2 rings (SSSR count). The summed E-state index contributed by atoms with van der Waals surface area (Å²) < 4.78 is 0.737. The van der Waals surface area contributed by atoms with Crippen LogP contribution in [0.25, 0.3) is 0 Å². The van der Waals surface area contributed by atoms with Crippen LogP contribution in [0.1, 0.15) is 15.9 Å². The molecule has 4 nitrogen and oxygen atoms in total. The number of nitrogens with two attached hydrogens (primary N) is 1. The number of aryl methyl sites for hydroxylation is 1. The van der Waals surface area contributed by atoms with Crippen molar-refractivity contribution in [2.75, 3.05) is 11.1 Å². The number of aromatic nitrogens is 1. The molecule has 1 amide bonds. The van der Waals surface area contributed by atoms with E-state index in [9.17, 15) is 4.79 Å². The number of halogens is 2. The standard InChI is InChI=1S/C13H11BrClN3O/c1-7-4-8(2-3-10(7)16)13(19)18-11-5-9(14)6-17-12(11)15/h2-6H,16H2,1H3,(H,18,19). The van der Waals surface area contributed by atoms with Crippen LogP contribution in [-0.4, -0.2) is 10.9 Å². The molecule has 1 aromatic heterocycles. The maximum atomic E-state index is 12.1. The minimum absolute atomic E-state index is 0.240. The zero-order valence-electron chi connectivity index (χ0n) is 10.1. The monoisotopic (exact) mass is 339 g/mol. The van der Waals surface area contributed by atoms with Gasteiger partial charge in [-0.1, -0.05) is 11.6 Å². The van der Waals surface area contributed by atoms with Crippen LogP contribution in [0, 0.1) is 6.92 Å². The van der Waals surface area contributed by atoms with Gasteiger partial charge in [-0.15, -0.1) is 0 Å². The van der Waals surface area contributed by atoms with Crippen molar-refractivity contribution in [2.24, 2.45) is 0 Å². The summed E-state index contributed by atoms with van der Waals surface area (Å²) in [5.74, 6) is -0.259. The van der Waals surface area contributed by atoms with Crippen molar-refractivity contribution in [1.82, 2.24) is 4.98 Å². The van der Waals surface area contributed by atoms with Gasteiger partial charge in [-0.2, -0.15) is 0 Å². The fourth-order valence-electron chi connectivity index (χ4n) is 1.52. The van der Waals surface area contributed by atoms with Crippen molar-refractivity contribution in [2.45, 2.75) is 6.92 Å². The van der Waals surface area contributed by atoms with Gasteiger partial charge in [0.2, 0.25) is 0 Å². The molecule has 0 bridgehead atoms. The van der Waals surface area contributed by atoms with Gasteiger partial charge < -0.3 is 11.1 Å². The van der Waals surface area contributed by atoms with Crippen LogP contribution in [0.15, 0.2) is 34.9 Å². The SMILES string of the molecule is Cc1cc(C(=O)Nc2cc(Br)cnc2Cl)ccc1N. The Kier molecular flexibility index (Phi) is 4.07. The Morgan fingerprint density at radius 3 is 2.84 bits per heavy atom. The number of nitrogens with one attached hydrogen (secondary N) is 1. The van der Waals surface area contributed by atoms with E-state index in [0.29, 0.717) is 16.9 Å². The lowest BCUT2D eigenvalue weighted by Gasteiger charge is -2.08. The summed E-state index contributed by atoms with van der Waals surface area (Å²) in [6.07, 6.45) is 1.56. The maximum absolute atomic E-state index is 12.1. The topological polar surface area (TPSA) is 68.0 Å². The minimum Gasteiger partial charge on any atom is -0.399 e. The van der Waals surface area contributed by atoms with Gasteiger partial charge in [-0.3, -0.25) is 4.79 Å². The van der Waals surface area contributed by atoms with Crippen molar-refractivity contribution in [3.05, 3.63) is 51.2 Å². The zero-order valence-corrected chi connectivity index (χ0v) is 12.4. The van der Waals surface area contributed by atoms with Crippen molar-refractivity contribution < 1.29 is 4.79 Å². The molecule has 0 aliphatic carbocycles. The van der Waals surface area contributed by atoms with Crippen LogP contribution in [0.4, 0.5) is 11.4 Å². The molecule has 0 unspecified atom stereocenters. The van der Waals surface area contributed by atoms with Gasteiger partial charge in [0.15, 0.2) is 5.15 Å². The van der Waals surface area contributed by atoms with Crippen molar-refractivity contribution in [3.8, 4) is 0 Å². The maximum Gasteiger partial charge on any atom is 0.255 e. The Morgan fingerprint density at radius 2 is 2.16 bits per heavy atom. The molecule has 0 radical (unpaired) electrons. The summed E-state index contributed by atoms with van der Waals surface area (Å²) >= 11 is 9.19. The average Bonchev–Trinajstić information content (AvgIpc) is 2.37. The van der Waals surface area contributed by atoms with E-state index in [1.165, 1.54) is 0 Å². The van der Waals surface area contributed by atoms with Crippen LogP contribution < -0.4 is 11.1 Å². The van der Waals surface area contributed by atoms with Crippen LogP contribution >= 0.6 is 27.5 Å². The molecule has 0 aliphatic rings. The van der Waals surface area contributed by atoms with E-state index < -0.39 is 0 Å². The lowest BCUT2D eigenvalue weighted by atomic mass is 10.1. The van der Waals surface area contributed by atoms with E-state index in [-0.39, 0.29) is 11.1 Å². The summed E-state index contributed by atoms with van der Waals surface area (Å²) in [4.78, 5) is 16.0. The van der Waals surface area contributed by atoms with Crippen molar-refractivity contribution in [3.63, 3.8) is 0 Å². The van der Waals surface area contributed by atoms with Gasteiger partial charge in [0.1, 0.15) is 0 Å². The number of carbonyl (C=O) groups excluding carboxylic acids is 1. The van der Waals surface area contributed by atoms with E-state index >= 15 is 0 Å². The van der Waals surface area contributed by atoms with Crippen LogP contribution in [0.2, 0.25) is 5.15 Å². The molecule has 0 fully saturated rings. The fraction of sp³-hybridized carbons (Fsp3) is 0.0769. The Morgan fingerprint density at radius 1 is 1.42 bits per heavy atom. The Bertz CT molecular complexity index is 646. The van der Waals surface area contributed by atoms with Gasteiger partial charge >= 0.3 is 0 Å². The minimum atomic E-state index is -0.259. The number of benzene rings is 1. The third kappa shape index (κ3) is 3.24. The molecule has 98 valence electrons. The molecule has 1 aromatic carbocycles. The van der Waals surface area contributed by atoms with Gasteiger partial charge in [0.05, 0.1) is 5.69 Å². The number of amides is 1. The second kappa shape index (κ2) is 5.59. The molecule has 0 spiro atoms. The van der Waals surface area contributed by atoms with E-state index in [4.69, 9.17) is 17.3 Å². The van der Waals surface area contributed by atoms with E-state index in [1.807, 2.05) is 6.92 Å². The van der Waals surface area contributed by atoms with Gasteiger partial charge in [0.25, 0.3) is 5.91 Å². The molecule has 19 heavy (non-hydrogen) atoms. The molecule has 6 heteroatoms. The molecule has 0 atom stereocenters. The predicted octanol–water partition coefficient (Wildman–Crippen LogP) is 3.64. The predicted molar refractivity (Wildman–Crippen MR) is 80.5 cm³/mol. The molecule has 1 heterocycles. The lowest BCUT2D eigenvalue weighted by Crippen LogP contribution is -2.13. The highest BCUT2D eigenvalue weighted by Gasteiger charge is 2.10. The van der Waals surface area contributed by atoms with Crippen molar-refractivity contribution >= 4 is 44.8 Å². The van der Waals surface area contributed by atoms with Crippen LogP contribution in [0.3, 0.4) is 0 Å². The third-order valence-corrected chi connectivity index (χ3v) is 3.32. The Balaban J connectivity index is 2.25. The van der Waals surface area contributed by atoms with Crippen LogP contribution in [-0.2, 0) is 0 Å². The largest absolute Gasteiger partial charge is 0.399 e. The smallest absolute Gasteiger partial charge is 0.255 e. The summed E-state index contributed by atoms with van der Waals surface area (Å²) in [5, 5.41) is 2.95. The fourth-order valence-corrected chi connectivity index (χ4v) is 2.00. The average molecular weight is 341 g/mol. The quantitative estimate of drug-likeness (QED) is 0.648. The van der Waals surface area contributed by atoms with Gasteiger partial charge in [-0.05, 0) is 52.7 Å². The Labute approximate surface area is 124 Å². The third-order valence-electron chi connectivity index (χ3n) is 2.59. The first-order chi connectivity index (χ1) is 8.97. The molecular formula is C13H11BrClN3O. The highest BCUT2D eigenvalue weighted by molar-refractivity contribution is 9.10. The molecule has 0 saturated heterocycles. The number of hydrogen-bond acceptors (Lipinski definition) is 3. The van der Waals surface area contributed by atoms with Gasteiger partial charge in [-0.25, -0.2) is 4.98 Å². The number of nitrogen functional groups attached to an aromatic ring is 1. The first-order valence-corrected chi connectivity index (χ1v) is 6.63. The second-order valence-corrected chi connectivity index (χ2v) is 5.29. The molecule has 0 saturated carbocycles. The summed E-state index contributed by atoms with van der Waals surface area (Å²) in [6.45, 7) is 1.85. The number of rotatable bonds is 2. The molecule has 3 N–H and O–H groups in total. The number of anilines is 2. The zero-order chi connectivity index (χ0) is 14.0. The number of hydrogen-bond donors (Lipinski definition) is 2. The Hall–Kier alpha value is -1.59. The van der Waals surface area contributed by atoms with E-state index in [2.05, 4.69) is 26.2 Å². The molecule has 0 aliphatic heterocycles. The van der Waals surface area contributed by atoms with E-state index in [0.717, 1.165) is 10.0 Å². The second-order valence-electron chi connectivity index (χ2n) is 4.02. The highest BCUT2D eigenvalue weighted by Crippen LogP contribution is 2.24. The number of pyridine rings is 1. The molecule has 2 aromatic rings. The summed E-state index contributed by atoms with van der Waals surface area (Å²) in [6, 6.07) is 6.78. The van der Waals surface area contributed by atoms with Gasteiger partial charge in [0, 0.05) is 21.9 Å². The summed E-state index contributed by atoms with van der Waals surface area (Å²) in [5.41, 5.74) is 8.19. The number of nitrogens with zero attached hydrogens (tertiary/aromatic N) is 1. The van der Waals surface area contributed by atoms with E-state index in [1.54, 1.807) is 30.5 Å². The van der Waals surface area contributed by atoms with Crippen LogP contribution in [0.5, 0.6) is 0 Å². The van der Waals surface area contributed by atoms with Crippen molar-refractivity contribution in [1.29, 1.82) is 0 Å². The number of carbonyl (C=O) groups is 1.